The number of carbonyl (C=O) groups is 1. The molecule has 3 heterocycles. The first-order valence-electron chi connectivity index (χ1n) is 9.86. The Bertz CT molecular complexity index is 1220. The van der Waals surface area contributed by atoms with Crippen molar-refractivity contribution in [2.24, 2.45) is 7.05 Å². The second kappa shape index (κ2) is 7.40. The predicted octanol–water partition coefficient (Wildman–Crippen LogP) is 3.26. The highest BCUT2D eigenvalue weighted by atomic mass is 35.5. The Kier molecular flexibility index (Phi) is 5.02. The van der Waals surface area contributed by atoms with Crippen molar-refractivity contribution in [2.45, 2.75) is 40.7 Å². The minimum absolute atomic E-state index is 0.154. The normalized spacial score (nSPS) is 13.7. The minimum Gasteiger partial charge on any atom is -0.334 e. The van der Waals surface area contributed by atoms with Gasteiger partial charge < -0.3 is 9.88 Å². The van der Waals surface area contributed by atoms with E-state index in [0.29, 0.717) is 29.1 Å². The Hall–Kier alpha value is -2.93. The van der Waals surface area contributed by atoms with Gasteiger partial charge in [-0.25, -0.2) is 4.68 Å². The molecular formula is C22H24ClN5O2. The number of rotatable bonds is 3. The van der Waals surface area contributed by atoms with Crippen molar-refractivity contribution in [3.05, 3.63) is 66.7 Å². The van der Waals surface area contributed by atoms with Crippen molar-refractivity contribution in [3.63, 3.8) is 0 Å². The summed E-state index contributed by atoms with van der Waals surface area (Å²) in [5.74, 6) is -0.154. The molecule has 2 aromatic heterocycles. The van der Waals surface area contributed by atoms with E-state index in [2.05, 4.69) is 15.3 Å². The first-order chi connectivity index (χ1) is 14.2. The number of fused-ring (bicyclic) bond motifs is 1. The Balaban J connectivity index is 1.79. The lowest BCUT2D eigenvalue weighted by molar-refractivity contribution is 0.0726. The maximum Gasteiger partial charge on any atom is 0.255 e. The maximum atomic E-state index is 13.5. The minimum atomic E-state index is -0.154. The Morgan fingerprint density at radius 1 is 1.13 bits per heavy atom. The van der Waals surface area contributed by atoms with E-state index in [1.54, 1.807) is 16.6 Å². The van der Waals surface area contributed by atoms with Crippen LogP contribution in [0.5, 0.6) is 0 Å². The number of hydrogen-bond acceptors (Lipinski definition) is 4. The maximum absolute atomic E-state index is 13.5. The van der Waals surface area contributed by atoms with Gasteiger partial charge in [-0.1, -0.05) is 16.8 Å². The number of aromatic nitrogens is 4. The first-order valence-corrected chi connectivity index (χ1v) is 10.2. The molecule has 0 bridgehead atoms. The third-order valence-corrected chi connectivity index (χ3v) is 6.21. The van der Waals surface area contributed by atoms with Crippen molar-refractivity contribution < 1.29 is 4.79 Å². The molecule has 0 saturated heterocycles. The van der Waals surface area contributed by atoms with Crippen LogP contribution in [0.2, 0.25) is 5.02 Å². The van der Waals surface area contributed by atoms with Gasteiger partial charge in [0, 0.05) is 30.4 Å². The summed E-state index contributed by atoms with van der Waals surface area (Å²) in [5.41, 5.74) is 6.92. The number of benzene rings is 1. The molecule has 156 valence electrons. The molecule has 0 spiro atoms. The number of pyridine rings is 1. The number of H-pyrrole nitrogens is 1. The Morgan fingerprint density at radius 2 is 1.87 bits per heavy atom. The van der Waals surface area contributed by atoms with Crippen molar-refractivity contribution in [1.82, 2.24) is 24.9 Å². The van der Waals surface area contributed by atoms with Crippen LogP contribution in [0.4, 0.5) is 0 Å². The quantitative estimate of drug-likeness (QED) is 0.698. The smallest absolute Gasteiger partial charge is 0.255 e. The van der Waals surface area contributed by atoms with Gasteiger partial charge in [-0.2, -0.15) is 0 Å². The fourth-order valence-corrected chi connectivity index (χ4v) is 4.64. The number of nitrogens with one attached hydrogen (secondary N) is 1. The lowest BCUT2D eigenvalue weighted by Gasteiger charge is -2.31. The van der Waals surface area contributed by atoms with E-state index in [4.69, 9.17) is 11.6 Å². The average Bonchev–Trinajstić information content (AvgIpc) is 3.00. The summed E-state index contributed by atoms with van der Waals surface area (Å²) in [4.78, 5) is 30.5. The molecule has 0 fully saturated rings. The van der Waals surface area contributed by atoms with Gasteiger partial charge in [0.25, 0.3) is 11.5 Å². The molecule has 0 saturated carbocycles. The van der Waals surface area contributed by atoms with Crippen LogP contribution in [0.15, 0.2) is 16.9 Å². The molecule has 8 heteroatoms. The number of halogens is 1. The molecule has 0 atom stereocenters. The third-order valence-electron chi connectivity index (χ3n) is 5.82. The number of carbonyl (C=O) groups excluding carboxylic acids is 1. The largest absolute Gasteiger partial charge is 0.334 e. The summed E-state index contributed by atoms with van der Waals surface area (Å²) in [6.07, 6.45) is 0.693. The van der Waals surface area contributed by atoms with E-state index >= 15 is 0 Å². The van der Waals surface area contributed by atoms with Gasteiger partial charge in [-0.15, -0.1) is 5.10 Å². The summed E-state index contributed by atoms with van der Waals surface area (Å²) in [6, 6.07) is 3.93. The molecule has 3 aromatic rings. The second-order valence-electron chi connectivity index (χ2n) is 7.98. The second-order valence-corrected chi connectivity index (χ2v) is 8.35. The summed E-state index contributed by atoms with van der Waals surface area (Å²) in [7, 11) is 1.81. The van der Waals surface area contributed by atoms with Gasteiger partial charge >= 0.3 is 0 Å². The van der Waals surface area contributed by atoms with Crippen molar-refractivity contribution in [1.29, 1.82) is 0 Å². The number of aryl methyl sites for hydroxylation is 5. The summed E-state index contributed by atoms with van der Waals surface area (Å²) in [5, 5.41) is 8.59. The third kappa shape index (κ3) is 3.23. The van der Waals surface area contributed by atoms with Gasteiger partial charge in [0.1, 0.15) is 0 Å². The zero-order chi connectivity index (χ0) is 21.7. The Labute approximate surface area is 179 Å². The van der Waals surface area contributed by atoms with Crippen LogP contribution in [-0.4, -0.2) is 37.3 Å². The summed E-state index contributed by atoms with van der Waals surface area (Å²) in [6.45, 7) is 8.41. The SMILES string of the molecule is Cc1cc(C)c(CN2CCc3c(C)cc(-c4c(C)nnn4C)c(Cl)c3C2=O)c(=O)[nH]1. The van der Waals surface area contributed by atoms with Crippen LogP contribution >= 0.6 is 11.6 Å². The molecule has 4 rings (SSSR count). The van der Waals surface area contributed by atoms with Gasteiger partial charge in [-0.3, -0.25) is 9.59 Å². The number of amides is 1. The summed E-state index contributed by atoms with van der Waals surface area (Å²) >= 11 is 6.80. The zero-order valence-corrected chi connectivity index (χ0v) is 18.5. The molecule has 1 aliphatic rings. The fourth-order valence-electron chi connectivity index (χ4n) is 4.30. The van der Waals surface area contributed by atoms with Gasteiger partial charge in [0.2, 0.25) is 0 Å². The van der Waals surface area contributed by atoms with E-state index in [1.165, 1.54) is 0 Å². The lowest BCUT2D eigenvalue weighted by atomic mass is 9.90. The van der Waals surface area contributed by atoms with E-state index < -0.39 is 0 Å². The molecule has 30 heavy (non-hydrogen) atoms. The monoisotopic (exact) mass is 425 g/mol. The van der Waals surface area contributed by atoms with Crippen LogP contribution in [0, 0.1) is 27.7 Å². The molecule has 0 radical (unpaired) electrons. The Morgan fingerprint density at radius 3 is 2.50 bits per heavy atom. The average molecular weight is 426 g/mol. The van der Waals surface area contributed by atoms with Crippen molar-refractivity contribution in [3.8, 4) is 11.3 Å². The highest BCUT2D eigenvalue weighted by Gasteiger charge is 2.31. The molecule has 7 nitrogen and oxygen atoms in total. The van der Waals surface area contributed by atoms with Crippen molar-refractivity contribution >= 4 is 17.5 Å². The van der Waals surface area contributed by atoms with E-state index in [1.807, 2.05) is 39.8 Å². The van der Waals surface area contributed by atoms with E-state index in [9.17, 15) is 9.59 Å². The number of hydrogen-bond donors (Lipinski definition) is 1. The highest BCUT2D eigenvalue weighted by molar-refractivity contribution is 6.36. The van der Waals surface area contributed by atoms with Crippen LogP contribution in [0.1, 0.15) is 44.0 Å². The van der Waals surface area contributed by atoms with Crippen LogP contribution in [-0.2, 0) is 20.0 Å². The predicted molar refractivity (Wildman–Crippen MR) is 116 cm³/mol. The van der Waals surface area contributed by atoms with Gasteiger partial charge in [-0.05, 0) is 62.9 Å². The highest BCUT2D eigenvalue weighted by Crippen LogP contribution is 2.38. The van der Waals surface area contributed by atoms with Gasteiger partial charge in [0.15, 0.2) is 0 Å². The molecule has 1 aliphatic heterocycles. The van der Waals surface area contributed by atoms with Gasteiger partial charge in [0.05, 0.1) is 28.5 Å². The summed E-state index contributed by atoms with van der Waals surface area (Å²) < 4.78 is 1.67. The molecule has 1 amide bonds. The zero-order valence-electron chi connectivity index (χ0n) is 17.8. The topological polar surface area (TPSA) is 83.9 Å². The number of nitrogens with zero attached hydrogens (tertiary/aromatic N) is 4. The molecule has 0 aliphatic carbocycles. The molecule has 0 unspecified atom stereocenters. The first kappa shape index (κ1) is 20.3. The van der Waals surface area contributed by atoms with Crippen molar-refractivity contribution in [2.75, 3.05) is 6.54 Å². The van der Waals surface area contributed by atoms with Crippen LogP contribution in [0.25, 0.3) is 11.3 Å². The lowest BCUT2D eigenvalue weighted by Crippen LogP contribution is -2.39. The van der Waals surface area contributed by atoms with Crippen LogP contribution in [0.3, 0.4) is 0 Å². The fraction of sp³-hybridized carbons (Fsp3) is 0.364. The van der Waals surface area contributed by atoms with E-state index in [0.717, 1.165) is 39.3 Å². The van der Waals surface area contributed by atoms with Crippen LogP contribution < -0.4 is 5.56 Å². The molecular weight excluding hydrogens is 402 g/mol. The molecule has 1 N–H and O–H groups in total. The number of aromatic amines is 1. The standard InChI is InChI=1S/C22H24ClN5O2/c1-11-8-13(3)24-21(29)17(11)10-28-7-6-15-12(2)9-16(19(23)18(15)22(28)30)20-14(4)25-26-27(20)5/h8-9H,6-7,10H2,1-5H3,(H,24,29). The van der Waals surface area contributed by atoms with E-state index in [-0.39, 0.29) is 18.0 Å². The molecule has 1 aromatic carbocycles.